The lowest BCUT2D eigenvalue weighted by Gasteiger charge is -2.39. The Kier molecular flexibility index (Phi) is 4.53. The average molecular weight is 356 g/mol. The van der Waals surface area contributed by atoms with Crippen molar-refractivity contribution in [2.24, 2.45) is 0 Å². The van der Waals surface area contributed by atoms with Gasteiger partial charge in [-0.3, -0.25) is 4.79 Å². The molecule has 2 aliphatic rings. The van der Waals surface area contributed by atoms with Gasteiger partial charge in [-0.2, -0.15) is 0 Å². The van der Waals surface area contributed by atoms with E-state index in [0.717, 1.165) is 5.56 Å². The quantitative estimate of drug-likeness (QED) is 0.904. The van der Waals surface area contributed by atoms with E-state index in [4.69, 9.17) is 21.4 Å². The highest BCUT2D eigenvalue weighted by Crippen LogP contribution is 2.39. The number of hydrogen-bond acceptors (Lipinski definition) is 3. The molecule has 1 amide bonds. The van der Waals surface area contributed by atoms with Gasteiger partial charge in [-0.05, 0) is 30.5 Å². The zero-order valence-corrected chi connectivity index (χ0v) is 13.9. The summed E-state index contributed by atoms with van der Waals surface area (Å²) in [6, 6.07) is 7.10. The molecule has 0 radical (unpaired) electrons. The van der Waals surface area contributed by atoms with E-state index >= 15 is 0 Å². The van der Waals surface area contributed by atoms with Crippen molar-refractivity contribution >= 4 is 23.5 Å². The van der Waals surface area contributed by atoms with Gasteiger partial charge in [-0.1, -0.05) is 23.7 Å². The Morgan fingerprint density at radius 3 is 2.54 bits per heavy atom. The molecule has 3 rings (SSSR count). The molecule has 130 valence electrons. The third kappa shape index (κ3) is 2.89. The number of benzene rings is 1. The molecule has 1 N–H and O–H groups in total. The van der Waals surface area contributed by atoms with Gasteiger partial charge in [0.2, 0.25) is 11.6 Å². The van der Waals surface area contributed by atoms with E-state index in [1.807, 2.05) is 6.07 Å². The van der Waals surface area contributed by atoms with Crippen molar-refractivity contribution in [2.75, 3.05) is 26.3 Å². The van der Waals surface area contributed by atoms with Crippen molar-refractivity contribution in [2.45, 2.75) is 30.3 Å². The number of halogens is 2. The summed E-state index contributed by atoms with van der Waals surface area (Å²) in [6.45, 7) is 0.534. The van der Waals surface area contributed by atoms with E-state index in [1.54, 1.807) is 18.2 Å². The molecule has 0 spiro atoms. The molecular formula is C17H19ClFNO4. The van der Waals surface area contributed by atoms with E-state index in [9.17, 15) is 14.0 Å². The summed E-state index contributed by atoms with van der Waals surface area (Å²) in [5.74, 6) is -1.75. The van der Waals surface area contributed by atoms with Crippen molar-refractivity contribution in [3.8, 4) is 0 Å². The van der Waals surface area contributed by atoms with Crippen molar-refractivity contribution in [1.29, 1.82) is 0 Å². The first-order valence-corrected chi connectivity index (χ1v) is 8.31. The zero-order valence-electron chi connectivity index (χ0n) is 13.1. The first-order valence-electron chi connectivity index (χ1n) is 7.93. The number of hydrogen-bond donors (Lipinski definition) is 1. The molecule has 2 saturated heterocycles. The van der Waals surface area contributed by atoms with Crippen LogP contribution in [0.1, 0.15) is 24.8 Å². The standard InChI is InChI=1S/C17H19ClFNO4/c18-13-3-1-2-12(10-13)16(5-8-24-9-6-16)14(21)20-7-4-17(19,11-20)15(22)23/h1-3,10H,4-9,11H2,(H,22,23). The summed E-state index contributed by atoms with van der Waals surface area (Å²) in [5.41, 5.74) is -2.43. The fourth-order valence-corrected chi connectivity index (χ4v) is 3.75. The third-order valence-corrected chi connectivity index (χ3v) is 5.26. The molecule has 24 heavy (non-hydrogen) atoms. The fourth-order valence-electron chi connectivity index (χ4n) is 3.56. The van der Waals surface area contributed by atoms with Crippen LogP contribution in [0.15, 0.2) is 24.3 Å². The van der Waals surface area contributed by atoms with Crippen molar-refractivity contribution in [3.63, 3.8) is 0 Å². The Bertz CT molecular complexity index is 662. The van der Waals surface area contributed by atoms with Crippen LogP contribution in [0.25, 0.3) is 0 Å². The molecule has 1 aromatic rings. The van der Waals surface area contributed by atoms with Crippen LogP contribution in [0.2, 0.25) is 5.02 Å². The molecule has 0 bridgehead atoms. The van der Waals surface area contributed by atoms with E-state index in [0.29, 0.717) is 31.1 Å². The highest BCUT2D eigenvalue weighted by molar-refractivity contribution is 6.30. The Morgan fingerprint density at radius 2 is 1.96 bits per heavy atom. The van der Waals surface area contributed by atoms with E-state index in [1.165, 1.54) is 4.90 Å². The lowest BCUT2D eigenvalue weighted by molar-refractivity contribution is -0.151. The smallest absolute Gasteiger partial charge is 0.343 e. The lowest BCUT2D eigenvalue weighted by atomic mass is 9.73. The van der Waals surface area contributed by atoms with Gasteiger partial charge in [0.25, 0.3) is 0 Å². The molecule has 1 unspecified atom stereocenters. The number of ether oxygens (including phenoxy) is 1. The predicted octanol–water partition coefficient (Wildman–Crippen LogP) is 2.41. The summed E-state index contributed by atoms with van der Waals surface area (Å²) in [5, 5.41) is 9.58. The summed E-state index contributed by atoms with van der Waals surface area (Å²) < 4.78 is 19.8. The first-order chi connectivity index (χ1) is 11.4. The first kappa shape index (κ1) is 17.2. The average Bonchev–Trinajstić information content (AvgIpc) is 2.98. The monoisotopic (exact) mass is 355 g/mol. The second-order valence-corrected chi connectivity index (χ2v) is 6.89. The van der Waals surface area contributed by atoms with Gasteiger partial charge >= 0.3 is 5.97 Å². The maximum atomic E-state index is 14.4. The summed E-state index contributed by atoms with van der Waals surface area (Å²) in [6.07, 6.45) is 0.750. The van der Waals surface area contributed by atoms with Crippen LogP contribution in [-0.2, 0) is 19.7 Å². The number of carboxylic acids is 1. The van der Waals surface area contributed by atoms with Crippen molar-refractivity contribution in [1.82, 2.24) is 4.90 Å². The maximum absolute atomic E-state index is 14.4. The number of carbonyl (C=O) groups excluding carboxylic acids is 1. The van der Waals surface area contributed by atoms with Crippen LogP contribution in [0.4, 0.5) is 4.39 Å². The number of amides is 1. The van der Waals surface area contributed by atoms with Crippen LogP contribution in [-0.4, -0.2) is 53.9 Å². The van der Waals surface area contributed by atoms with Crippen LogP contribution >= 0.6 is 11.6 Å². The van der Waals surface area contributed by atoms with Gasteiger partial charge in [0.15, 0.2) is 0 Å². The highest BCUT2D eigenvalue weighted by atomic mass is 35.5. The number of likely N-dealkylation sites (tertiary alicyclic amines) is 1. The molecule has 7 heteroatoms. The van der Waals surface area contributed by atoms with Crippen LogP contribution in [0, 0.1) is 0 Å². The lowest BCUT2D eigenvalue weighted by Crippen LogP contribution is -2.50. The fraction of sp³-hybridized carbons (Fsp3) is 0.529. The summed E-state index contributed by atoms with van der Waals surface area (Å²) in [7, 11) is 0. The molecule has 0 aliphatic carbocycles. The van der Waals surface area contributed by atoms with E-state index in [2.05, 4.69) is 0 Å². The number of rotatable bonds is 3. The molecule has 2 aliphatic heterocycles. The number of alkyl halides is 1. The van der Waals surface area contributed by atoms with Crippen LogP contribution in [0.5, 0.6) is 0 Å². The molecule has 0 aromatic heterocycles. The largest absolute Gasteiger partial charge is 0.479 e. The molecule has 0 saturated carbocycles. The number of carboxylic acid groups (broad SMARTS) is 1. The van der Waals surface area contributed by atoms with E-state index < -0.39 is 23.6 Å². The van der Waals surface area contributed by atoms with Gasteiger partial charge in [0, 0.05) is 31.2 Å². The Hall–Kier alpha value is -1.66. The topological polar surface area (TPSA) is 66.8 Å². The van der Waals surface area contributed by atoms with Crippen molar-refractivity contribution < 1.29 is 23.8 Å². The minimum atomic E-state index is -2.36. The van der Waals surface area contributed by atoms with Gasteiger partial charge < -0.3 is 14.7 Å². The third-order valence-electron chi connectivity index (χ3n) is 5.02. The Labute approximate surface area is 144 Å². The second kappa shape index (κ2) is 6.33. The van der Waals surface area contributed by atoms with Gasteiger partial charge in [0.1, 0.15) is 0 Å². The maximum Gasteiger partial charge on any atom is 0.343 e. The highest BCUT2D eigenvalue weighted by Gasteiger charge is 2.51. The Balaban J connectivity index is 1.92. The van der Waals surface area contributed by atoms with Gasteiger partial charge in [-0.25, -0.2) is 9.18 Å². The predicted molar refractivity (Wildman–Crippen MR) is 85.9 cm³/mol. The minimum Gasteiger partial charge on any atom is -0.479 e. The molecule has 1 atom stereocenters. The normalized spacial score (nSPS) is 26.3. The Morgan fingerprint density at radius 1 is 1.25 bits per heavy atom. The molecule has 2 fully saturated rings. The SMILES string of the molecule is O=C(O)C1(F)CCN(C(=O)C2(c3cccc(Cl)c3)CCOCC2)C1. The van der Waals surface area contributed by atoms with Gasteiger partial charge in [-0.15, -0.1) is 0 Å². The second-order valence-electron chi connectivity index (χ2n) is 6.45. The van der Waals surface area contributed by atoms with Gasteiger partial charge in [0.05, 0.1) is 12.0 Å². The summed E-state index contributed by atoms with van der Waals surface area (Å²) in [4.78, 5) is 25.7. The number of carbonyl (C=O) groups is 2. The van der Waals surface area contributed by atoms with Crippen LogP contribution in [0.3, 0.4) is 0 Å². The zero-order chi connectivity index (χ0) is 17.4. The van der Waals surface area contributed by atoms with E-state index in [-0.39, 0.29) is 18.9 Å². The minimum absolute atomic E-state index is 0.102. The molecule has 1 aromatic carbocycles. The van der Waals surface area contributed by atoms with Crippen molar-refractivity contribution in [3.05, 3.63) is 34.9 Å². The summed E-state index contributed by atoms with van der Waals surface area (Å²) >= 11 is 6.08. The molecular weight excluding hydrogens is 337 g/mol. The molecule has 5 nitrogen and oxygen atoms in total. The van der Waals surface area contributed by atoms with Crippen LogP contribution < -0.4 is 0 Å². The number of nitrogens with zero attached hydrogens (tertiary/aromatic N) is 1. The molecule has 2 heterocycles. The number of aliphatic carboxylic acids is 1.